The van der Waals surface area contributed by atoms with Gasteiger partial charge in [-0.1, -0.05) is 19.1 Å². The summed E-state index contributed by atoms with van der Waals surface area (Å²) < 4.78 is 5.11. The molecule has 0 spiro atoms. The van der Waals surface area contributed by atoms with E-state index in [1.54, 1.807) is 29.6 Å². The van der Waals surface area contributed by atoms with Gasteiger partial charge in [0.2, 0.25) is 5.91 Å². The van der Waals surface area contributed by atoms with Crippen molar-refractivity contribution < 1.29 is 24.7 Å². The Balaban J connectivity index is 2.63. The first-order valence-electron chi connectivity index (χ1n) is 6.55. The number of quaternary nitrogens is 1. The van der Waals surface area contributed by atoms with Gasteiger partial charge in [0.05, 0.1) is 31.7 Å². The number of hydrogen-bond acceptors (Lipinski definition) is 4. The Labute approximate surface area is 118 Å². The molecule has 1 aromatic carbocycles. The zero-order chi connectivity index (χ0) is 15.0. The Morgan fingerprint density at radius 2 is 2.10 bits per heavy atom. The molecule has 0 bridgehead atoms. The molecule has 0 aliphatic rings. The number of para-hydroxylation sites is 2. The van der Waals surface area contributed by atoms with E-state index in [2.05, 4.69) is 5.32 Å². The fraction of sp³-hybridized carbons (Fsp3) is 0.429. The number of carbonyl (C=O) groups is 2. The Morgan fingerprint density at radius 1 is 1.40 bits per heavy atom. The summed E-state index contributed by atoms with van der Waals surface area (Å²) in [6.45, 7) is 2.58. The molecule has 20 heavy (non-hydrogen) atoms. The second-order valence-electron chi connectivity index (χ2n) is 4.40. The topological polar surface area (TPSA) is 95.1 Å². The van der Waals surface area contributed by atoms with Crippen LogP contribution in [0.4, 0.5) is 5.69 Å². The first kappa shape index (κ1) is 16.0. The van der Waals surface area contributed by atoms with Gasteiger partial charge in [0.1, 0.15) is 11.8 Å². The lowest BCUT2D eigenvalue weighted by molar-refractivity contribution is -0.682. The van der Waals surface area contributed by atoms with Gasteiger partial charge in [-0.25, -0.2) is 0 Å². The van der Waals surface area contributed by atoms with Crippen LogP contribution in [0.2, 0.25) is 0 Å². The summed E-state index contributed by atoms with van der Waals surface area (Å²) in [6, 6.07) is 6.09. The average Bonchev–Trinajstić information content (AvgIpc) is 2.43. The summed E-state index contributed by atoms with van der Waals surface area (Å²) in [6.07, 6.45) is 0.693. The minimum atomic E-state index is -1.23. The van der Waals surface area contributed by atoms with Crippen LogP contribution in [0.15, 0.2) is 24.3 Å². The number of carbonyl (C=O) groups excluding carboxylic acids is 2. The molecule has 0 aliphatic heterocycles. The highest BCUT2D eigenvalue weighted by Gasteiger charge is 2.18. The minimum absolute atomic E-state index is 0.139. The fourth-order valence-corrected chi connectivity index (χ4v) is 1.78. The van der Waals surface area contributed by atoms with Crippen LogP contribution in [0.3, 0.4) is 0 Å². The molecule has 1 atom stereocenters. The Hall–Kier alpha value is -2.08. The summed E-state index contributed by atoms with van der Waals surface area (Å²) in [5.74, 6) is -1.08. The molecule has 1 aromatic rings. The Kier molecular flexibility index (Phi) is 6.52. The van der Waals surface area contributed by atoms with E-state index in [0.717, 1.165) is 6.42 Å². The number of carboxylic acid groups (broad SMARTS) is 1. The first-order chi connectivity index (χ1) is 9.58. The zero-order valence-electron chi connectivity index (χ0n) is 11.7. The van der Waals surface area contributed by atoms with Crippen molar-refractivity contribution in [3.05, 3.63) is 24.3 Å². The number of benzene rings is 1. The highest BCUT2D eigenvalue weighted by atomic mass is 16.5. The molecule has 6 nitrogen and oxygen atoms in total. The van der Waals surface area contributed by atoms with Gasteiger partial charge < -0.3 is 25.3 Å². The number of methoxy groups -OCH3 is 1. The number of nitrogens with one attached hydrogen (secondary N) is 1. The minimum Gasteiger partial charge on any atom is -0.544 e. The van der Waals surface area contributed by atoms with Gasteiger partial charge in [0, 0.05) is 0 Å². The first-order valence-corrected chi connectivity index (χ1v) is 6.55. The molecule has 1 rings (SSSR count). The maximum atomic E-state index is 11.9. The molecule has 0 saturated heterocycles. The standard InChI is InChI=1S/C14H20N2O4/c1-3-8-15-11(14(18)19)9-13(17)16-10-6-4-5-7-12(10)20-2/h4-7,11,15H,3,8-9H2,1-2H3,(H,16,17)(H,18,19)/t11-/m1/s1. The molecule has 0 fully saturated rings. The smallest absolute Gasteiger partial charge is 0.230 e. The van der Waals surface area contributed by atoms with Crippen molar-refractivity contribution in [3.8, 4) is 5.75 Å². The van der Waals surface area contributed by atoms with Gasteiger partial charge in [-0.05, 0) is 18.6 Å². The number of anilines is 1. The molecule has 0 unspecified atom stereocenters. The number of aliphatic carboxylic acids is 1. The van der Waals surface area contributed by atoms with Crippen molar-refractivity contribution in [1.82, 2.24) is 0 Å². The summed E-state index contributed by atoms with van der Waals surface area (Å²) in [5, 5.41) is 15.2. The summed E-state index contributed by atoms with van der Waals surface area (Å²) in [7, 11) is 1.50. The third kappa shape index (κ3) is 4.89. The van der Waals surface area contributed by atoms with Crippen molar-refractivity contribution in [2.75, 3.05) is 19.0 Å². The van der Waals surface area contributed by atoms with Crippen LogP contribution < -0.4 is 20.5 Å². The van der Waals surface area contributed by atoms with Crippen molar-refractivity contribution >= 4 is 17.6 Å². The van der Waals surface area contributed by atoms with E-state index in [0.29, 0.717) is 18.0 Å². The summed E-state index contributed by atoms with van der Waals surface area (Å²) >= 11 is 0. The van der Waals surface area contributed by atoms with Gasteiger partial charge in [0.15, 0.2) is 0 Å². The number of carboxylic acids is 1. The van der Waals surface area contributed by atoms with Gasteiger partial charge in [-0.15, -0.1) is 0 Å². The fourth-order valence-electron chi connectivity index (χ4n) is 1.78. The SMILES string of the molecule is CCC[NH2+][C@H](CC(=O)Nc1ccccc1OC)C(=O)[O-]. The molecular weight excluding hydrogens is 260 g/mol. The molecule has 0 saturated carbocycles. The third-order valence-electron chi connectivity index (χ3n) is 2.83. The van der Waals surface area contributed by atoms with Crippen molar-refractivity contribution in [2.45, 2.75) is 25.8 Å². The van der Waals surface area contributed by atoms with Crippen LogP contribution in [0.1, 0.15) is 19.8 Å². The Morgan fingerprint density at radius 3 is 2.70 bits per heavy atom. The van der Waals surface area contributed by atoms with E-state index >= 15 is 0 Å². The van der Waals surface area contributed by atoms with Gasteiger partial charge in [-0.2, -0.15) is 0 Å². The quantitative estimate of drug-likeness (QED) is 0.646. The van der Waals surface area contributed by atoms with E-state index in [4.69, 9.17) is 4.74 Å². The largest absolute Gasteiger partial charge is 0.544 e. The Bertz CT molecular complexity index is 462. The monoisotopic (exact) mass is 280 g/mol. The molecular formula is C14H20N2O4. The van der Waals surface area contributed by atoms with E-state index in [1.165, 1.54) is 7.11 Å². The molecule has 0 heterocycles. The van der Waals surface area contributed by atoms with Gasteiger partial charge in [-0.3, -0.25) is 4.79 Å². The molecule has 6 heteroatoms. The van der Waals surface area contributed by atoms with Crippen LogP contribution in [-0.4, -0.2) is 31.6 Å². The van der Waals surface area contributed by atoms with Crippen molar-refractivity contribution in [3.63, 3.8) is 0 Å². The van der Waals surface area contributed by atoms with Gasteiger partial charge >= 0.3 is 0 Å². The molecule has 1 amide bonds. The molecule has 3 N–H and O–H groups in total. The van der Waals surface area contributed by atoms with E-state index in [1.807, 2.05) is 6.92 Å². The molecule has 0 aromatic heterocycles. The van der Waals surface area contributed by atoms with Gasteiger partial charge in [0.25, 0.3) is 0 Å². The van der Waals surface area contributed by atoms with Crippen LogP contribution in [0.25, 0.3) is 0 Å². The normalized spacial score (nSPS) is 11.7. The highest BCUT2D eigenvalue weighted by molar-refractivity contribution is 5.94. The van der Waals surface area contributed by atoms with E-state index < -0.39 is 12.0 Å². The highest BCUT2D eigenvalue weighted by Crippen LogP contribution is 2.22. The average molecular weight is 280 g/mol. The maximum Gasteiger partial charge on any atom is 0.230 e. The van der Waals surface area contributed by atoms with Crippen LogP contribution in [0, 0.1) is 0 Å². The maximum absolute atomic E-state index is 11.9. The number of nitrogens with two attached hydrogens (primary N) is 1. The zero-order valence-corrected chi connectivity index (χ0v) is 11.7. The van der Waals surface area contributed by atoms with E-state index in [9.17, 15) is 14.7 Å². The third-order valence-corrected chi connectivity index (χ3v) is 2.83. The number of hydrogen-bond donors (Lipinski definition) is 2. The van der Waals surface area contributed by atoms with Crippen LogP contribution in [0.5, 0.6) is 5.75 Å². The number of ether oxygens (including phenoxy) is 1. The van der Waals surface area contributed by atoms with Crippen LogP contribution >= 0.6 is 0 Å². The van der Waals surface area contributed by atoms with Crippen molar-refractivity contribution in [2.24, 2.45) is 0 Å². The predicted octanol–water partition coefficient (Wildman–Crippen LogP) is -0.884. The molecule has 0 radical (unpaired) electrons. The summed E-state index contributed by atoms with van der Waals surface area (Å²) in [5.41, 5.74) is 0.521. The summed E-state index contributed by atoms with van der Waals surface area (Å²) in [4.78, 5) is 22.9. The lowest BCUT2D eigenvalue weighted by Crippen LogP contribution is -2.93. The molecule has 110 valence electrons. The lowest BCUT2D eigenvalue weighted by atomic mass is 10.2. The van der Waals surface area contributed by atoms with Crippen molar-refractivity contribution in [1.29, 1.82) is 0 Å². The number of rotatable bonds is 8. The number of amides is 1. The predicted molar refractivity (Wildman–Crippen MR) is 72.1 cm³/mol. The lowest BCUT2D eigenvalue weighted by Gasteiger charge is -2.16. The molecule has 0 aliphatic carbocycles. The second-order valence-corrected chi connectivity index (χ2v) is 4.40. The van der Waals surface area contributed by atoms with Crippen LogP contribution in [-0.2, 0) is 9.59 Å². The second kappa shape index (κ2) is 8.16. The van der Waals surface area contributed by atoms with E-state index in [-0.39, 0.29) is 12.3 Å².